The summed E-state index contributed by atoms with van der Waals surface area (Å²) < 4.78 is 0. The maximum Gasteiger partial charge on any atom is 0.160 e. The lowest BCUT2D eigenvalue weighted by Gasteiger charge is -2.45. The maximum atomic E-state index is 12.9. The highest BCUT2D eigenvalue weighted by Gasteiger charge is 2.70. The van der Waals surface area contributed by atoms with Crippen molar-refractivity contribution >= 4 is 11.6 Å². The van der Waals surface area contributed by atoms with Gasteiger partial charge < -0.3 is 0 Å². The van der Waals surface area contributed by atoms with Crippen LogP contribution < -0.4 is 0 Å². The zero-order chi connectivity index (χ0) is 13.5. The third-order valence-electron chi connectivity index (χ3n) is 6.78. The Hall–Kier alpha value is -1.18. The molecule has 2 bridgehead atoms. The molecule has 2 fully saturated rings. The van der Waals surface area contributed by atoms with Crippen LogP contribution in [-0.2, 0) is 9.59 Å². The first-order chi connectivity index (χ1) is 9.75. The number of hydrogen-bond acceptors (Lipinski definition) is 2. The Morgan fingerprint density at radius 1 is 0.950 bits per heavy atom. The Kier molecular flexibility index (Phi) is 2.02. The minimum Gasteiger partial charge on any atom is -0.298 e. The van der Waals surface area contributed by atoms with Gasteiger partial charge in [-0.25, -0.2) is 0 Å². The van der Waals surface area contributed by atoms with Crippen LogP contribution in [0, 0.1) is 23.2 Å². The average molecular weight is 268 g/mol. The minimum absolute atomic E-state index is 0.00662. The van der Waals surface area contributed by atoms with Gasteiger partial charge in [0.2, 0.25) is 0 Å². The second kappa shape index (κ2) is 3.52. The van der Waals surface area contributed by atoms with Crippen molar-refractivity contribution in [2.24, 2.45) is 23.2 Å². The molecule has 0 aliphatic heterocycles. The highest BCUT2D eigenvalue weighted by molar-refractivity contribution is 6.08. The second-order valence-electron chi connectivity index (χ2n) is 7.37. The molecule has 20 heavy (non-hydrogen) atoms. The van der Waals surface area contributed by atoms with Gasteiger partial charge in [0.1, 0.15) is 5.78 Å². The lowest BCUT2D eigenvalue weighted by molar-refractivity contribution is -0.124. The van der Waals surface area contributed by atoms with Gasteiger partial charge >= 0.3 is 0 Å². The van der Waals surface area contributed by atoms with Gasteiger partial charge in [0, 0.05) is 17.3 Å². The molecular weight excluding hydrogens is 248 g/mol. The van der Waals surface area contributed by atoms with E-state index in [1.807, 2.05) is 6.08 Å². The standard InChI is InChI=1S/C18H20O2/c19-13-9-10-5-3-4-8-18(10)15-12-7-2-1-6-11(12)14(16(13)18)17(15)20/h9,14-16H,1-8H2/t14-,15+,16-,18+/m0/s1. The molecule has 0 aromatic carbocycles. The molecule has 0 unspecified atom stereocenters. The second-order valence-corrected chi connectivity index (χ2v) is 7.37. The van der Waals surface area contributed by atoms with E-state index in [0.717, 1.165) is 25.7 Å². The average Bonchev–Trinajstić information content (AvgIpc) is 3.00. The summed E-state index contributed by atoms with van der Waals surface area (Å²) >= 11 is 0. The molecule has 5 aliphatic rings. The Balaban J connectivity index is 1.74. The molecule has 5 aliphatic carbocycles. The summed E-state index contributed by atoms with van der Waals surface area (Å²) in [7, 11) is 0. The first-order valence-corrected chi connectivity index (χ1v) is 8.25. The lowest BCUT2D eigenvalue weighted by atomic mass is 9.57. The first-order valence-electron chi connectivity index (χ1n) is 8.25. The van der Waals surface area contributed by atoms with Crippen LogP contribution in [0.25, 0.3) is 0 Å². The first kappa shape index (κ1) is 11.5. The van der Waals surface area contributed by atoms with E-state index >= 15 is 0 Å². The van der Waals surface area contributed by atoms with Crippen molar-refractivity contribution in [2.45, 2.75) is 51.4 Å². The number of ketones is 2. The number of fused-ring (bicyclic) bond motifs is 5. The summed E-state index contributed by atoms with van der Waals surface area (Å²) in [6, 6.07) is 0. The summed E-state index contributed by atoms with van der Waals surface area (Å²) in [6.07, 6.45) is 11.1. The number of hydrogen-bond donors (Lipinski definition) is 0. The number of allylic oxidation sites excluding steroid dienone is 4. The van der Waals surface area contributed by atoms with Gasteiger partial charge in [-0.1, -0.05) is 23.1 Å². The summed E-state index contributed by atoms with van der Waals surface area (Å²) in [5.41, 5.74) is 4.17. The van der Waals surface area contributed by atoms with Crippen molar-refractivity contribution in [1.82, 2.24) is 0 Å². The number of Topliss-reactive ketones (excluding diaryl/α,β-unsaturated/α-hetero) is 1. The predicted molar refractivity (Wildman–Crippen MR) is 75.0 cm³/mol. The third kappa shape index (κ3) is 1.03. The SMILES string of the molecule is O=C1[C@H]2C3=C(CCCC3)[C@H]1[C@@]13CCCCC1=CC(=O)[C@@H]23. The van der Waals surface area contributed by atoms with Crippen molar-refractivity contribution in [3.05, 3.63) is 22.8 Å². The van der Waals surface area contributed by atoms with Crippen LogP contribution in [-0.4, -0.2) is 11.6 Å². The van der Waals surface area contributed by atoms with Crippen molar-refractivity contribution in [1.29, 1.82) is 0 Å². The van der Waals surface area contributed by atoms with Crippen molar-refractivity contribution in [2.75, 3.05) is 0 Å². The van der Waals surface area contributed by atoms with Crippen LogP contribution in [0.2, 0.25) is 0 Å². The fraction of sp³-hybridized carbons (Fsp3) is 0.667. The molecule has 0 saturated heterocycles. The number of carbonyl (C=O) groups is 2. The number of rotatable bonds is 0. The van der Waals surface area contributed by atoms with Crippen LogP contribution in [0.4, 0.5) is 0 Å². The molecule has 0 heterocycles. The molecule has 0 N–H and O–H groups in total. The van der Waals surface area contributed by atoms with Crippen molar-refractivity contribution in [3.63, 3.8) is 0 Å². The van der Waals surface area contributed by atoms with Gasteiger partial charge in [0.05, 0.1) is 5.92 Å². The van der Waals surface area contributed by atoms with E-state index in [1.165, 1.54) is 42.4 Å². The van der Waals surface area contributed by atoms with Crippen LogP contribution in [0.3, 0.4) is 0 Å². The summed E-state index contributed by atoms with van der Waals surface area (Å²) in [6.45, 7) is 0. The van der Waals surface area contributed by atoms with E-state index in [0.29, 0.717) is 5.78 Å². The third-order valence-corrected chi connectivity index (χ3v) is 6.78. The number of carbonyl (C=O) groups excluding carboxylic acids is 2. The van der Waals surface area contributed by atoms with Gasteiger partial charge in [-0.05, 0) is 51.0 Å². The highest BCUT2D eigenvalue weighted by atomic mass is 16.1. The summed E-state index contributed by atoms with van der Waals surface area (Å²) in [5.74, 6) is 0.787. The Morgan fingerprint density at radius 3 is 2.55 bits per heavy atom. The lowest BCUT2D eigenvalue weighted by Crippen LogP contribution is -2.40. The molecule has 104 valence electrons. The molecule has 2 saturated carbocycles. The van der Waals surface area contributed by atoms with Crippen LogP contribution in [0.15, 0.2) is 22.8 Å². The normalized spacial score (nSPS) is 45.4. The molecule has 1 spiro atoms. The van der Waals surface area contributed by atoms with Gasteiger partial charge in [-0.15, -0.1) is 0 Å². The van der Waals surface area contributed by atoms with E-state index in [2.05, 4.69) is 0 Å². The fourth-order valence-electron chi connectivity index (χ4n) is 6.26. The highest BCUT2D eigenvalue weighted by Crippen LogP contribution is 2.70. The zero-order valence-electron chi connectivity index (χ0n) is 11.8. The molecule has 4 atom stereocenters. The Morgan fingerprint density at radius 2 is 1.70 bits per heavy atom. The van der Waals surface area contributed by atoms with Gasteiger partial charge in [0.25, 0.3) is 0 Å². The molecule has 2 nitrogen and oxygen atoms in total. The fourth-order valence-corrected chi connectivity index (χ4v) is 6.26. The van der Waals surface area contributed by atoms with E-state index < -0.39 is 0 Å². The van der Waals surface area contributed by atoms with Gasteiger partial charge in [-0.2, -0.15) is 0 Å². The van der Waals surface area contributed by atoms with Crippen molar-refractivity contribution in [3.8, 4) is 0 Å². The van der Waals surface area contributed by atoms with E-state index in [9.17, 15) is 9.59 Å². The smallest absolute Gasteiger partial charge is 0.160 e. The molecular formula is C18H20O2. The van der Waals surface area contributed by atoms with Crippen molar-refractivity contribution < 1.29 is 9.59 Å². The molecule has 0 amide bonds. The summed E-state index contributed by atoms with van der Waals surface area (Å²) in [4.78, 5) is 25.5. The molecule has 2 heteroatoms. The zero-order valence-corrected chi connectivity index (χ0v) is 11.8. The topological polar surface area (TPSA) is 34.1 Å². The van der Waals surface area contributed by atoms with E-state index in [1.54, 1.807) is 0 Å². The molecule has 0 aromatic rings. The summed E-state index contributed by atoms with van der Waals surface area (Å²) in [5, 5.41) is 0. The maximum absolute atomic E-state index is 12.9. The molecule has 0 aromatic heterocycles. The molecule has 0 radical (unpaired) electrons. The van der Waals surface area contributed by atoms with Crippen LogP contribution >= 0.6 is 0 Å². The monoisotopic (exact) mass is 268 g/mol. The van der Waals surface area contributed by atoms with E-state index in [-0.39, 0.29) is 29.0 Å². The van der Waals surface area contributed by atoms with Gasteiger partial charge in [-0.3, -0.25) is 9.59 Å². The predicted octanol–water partition coefficient (Wildman–Crippen LogP) is 3.37. The van der Waals surface area contributed by atoms with Crippen LogP contribution in [0.1, 0.15) is 51.4 Å². The van der Waals surface area contributed by atoms with Crippen LogP contribution in [0.5, 0.6) is 0 Å². The van der Waals surface area contributed by atoms with Gasteiger partial charge in [0.15, 0.2) is 5.78 Å². The quantitative estimate of drug-likeness (QED) is 0.631. The Bertz CT molecular complexity index is 609. The molecule has 5 rings (SSSR count). The largest absolute Gasteiger partial charge is 0.298 e. The Labute approximate surface area is 119 Å². The van der Waals surface area contributed by atoms with E-state index in [4.69, 9.17) is 0 Å². The minimum atomic E-state index is -0.0484.